The van der Waals surface area contributed by atoms with Gasteiger partial charge in [-0.1, -0.05) is 0 Å². The number of halogens is 1. The van der Waals surface area contributed by atoms with Crippen molar-refractivity contribution >= 4 is 5.97 Å². The molecule has 0 aliphatic carbocycles. The zero-order chi connectivity index (χ0) is 8.97. The van der Waals surface area contributed by atoms with Crippen molar-refractivity contribution in [1.29, 1.82) is 0 Å². The van der Waals surface area contributed by atoms with Gasteiger partial charge in [-0.05, 0) is 4.53 Å². The molecule has 1 fully saturated rings. The standard InChI is InChI=1S/C7H11FO4/c8-11-2-1-6-3-5(9)4-7(10)12-6/h5-6,9H,1-4H2/t5-,6-/m1/s1. The predicted octanol–water partition coefficient (Wildman–Crippen LogP) is 0.344. The quantitative estimate of drug-likeness (QED) is 0.633. The number of hydrogen-bond acceptors (Lipinski definition) is 4. The summed E-state index contributed by atoms with van der Waals surface area (Å²) < 4.78 is 16.1. The maximum atomic E-state index is 11.2. The minimum absolute atomic E-state index is 0.0347. The van der Waals surface area contributed by atoms with Crippen LogP contribution in [-0.4, -0.2) is 29.9 Å². The molecule has 4 nitrogen and oxygen atoms in total. The normalized spacial score (nSPS) is 30.0. The molecule has 0 spiro atoms. The largest absolute Gasteiger partial charge is 0.462 e. The Morgan fingerprint density at radius 2 is 2.50 bits per heavy atom. The number of ether oxygens (including phenoxy) is 1. The maximum absolute atomic E-state index is 11.2. The fourth-order valence-corrected chi connectivity index (χ4v) is 1.21. The third kappa shape index (κ3) is 2.75. The molecule has 0 amide bonds. The Morgan fingerprint density at radius 1 is 1.75 bits per heavy atom. The van der Waals surface area contributed by atoms with Gasteiger partial charge in [-0.3, -0.25) is 4.79 Å². The summed E-state index contributed by atoms with van der Waals surface area (Å²) in [5.41, 5.74) is 0. The Bertz CT molecular complexity index is 161. The van der Waals surface area contributed by atoms with E-state index in [1.165, 1.54) is 0 Å². The smallest absolute Gasteiger partial charge is 0.308 e. The van der Waals surface area contributed by atoms with Gasteiger partial charge in [-0.15, -0.1) is 0 Å². The van der Waals surface area contributed by atoms with Gasteiger partial charge in [-0.25, -0.2) is 0 Å². The van der Waals surface area contributed by atoms with Crippen molar-refractivity contribution in [3.05, 3.63) is 0 Å². The maximum Gasteiger partial charge on any atom is 0.308 e. The molecule has 0 aromatic rings. The van der Waals surface area contributed by atoms with Crippen LogP contribution in [0.25, 0.3) is 0 Å². The fraction of sp³-hybridized carbons (Fsp3) is 0.857. The van der Waals surface area contributed by atoms with E-state index in [-0.39, 0.29) is 13.0 Å². The summed E-state index contributed by atoms with van der Waals surface area (Å²) >= 11 is 0. The average Bonchev–Trinajstić information content (AvgIpc) is 1.99. The molecule has 1 N–H and O–H groups in total. The Balaban J connectivity index is 2.29. The molecule has 1 aliphatic rings. The zero-order valence-corrected chi connectivity index (χ0v) is 6.53. The summed E-state index contributed by atoms with van der Waals surface area (Å²) in [6, 6.07) is 0. The number of cyclic esters (lactones) is 1. The van der Waals surface area contributed by atoms with Gasteiger partial charge in [0, 0.05) is 12.8 Å². The SMILES string of the molecule is O=C1C[C@H](O)C[C@@H](CCOF)O1. The van der Waals surface area contributed by atoms with Crippen LogP contribution >= 0.6 is 0 Å². The van der Waals surface area contributed by atoms with Gasteiger partial charge in [0.2, 0.25) is 0 Å². The monoisotopic (exact) mass is 178 g/mol. The van der Waals surface area contributed by atoms with Gasteiger partial charge in [-0.2, -0.15) is 4.94 Å². The summed E-state index contributed by atoms with van der Waals surface area (Å²) in [7, 11) is 0. The Labute approximate surface area is 69.2 Å². The topological polar surface area (TPSA) is 55.8 Å². The number of hydrogen-bond donors (Lipinski definition) is 1. The highest BCUT2D eigenvalue weighted by Gasteiger charge is 2.26. The van der Waals surface area contributed by atoms with E-state index >= 15 is 0 Å². The molecule has 0 unspecified atom stereocenters. The van der Waals surface area contributed by atoms with E-state index in [1.54, 1.807) is 0 Å². The summed E-state index contributed by atoms with van der Waals surface area (Å²) in [6.07, 6.45) is -0.366. The molecule has 0 bridgehead atoms. The molecule has 1 rings (SSSR count). The second kappa shape index (κ2) is 4.37. The molecule has 1 aliphatic heterocycles. The second-order valence-corrected chi connectivity index (χ2v) is 2.81. The lowest BCUT2D eigenvalue weighted by atomic mass is 10.0. The molecule has 0 radical (unpaired) electrons. The van der Waals surface area contributed by atoms with Crippen LogP contribution in [0.4, 0.5) is 4.53 Å². The molecule has 1 saturated heterocycles. The van der Waals surface area contributed by atoms with Crippen molar-refractivity contribution in [2.24, 2.45) is 0 Å². The third-order valence-electron chi connectivity index (χ3n) is 1.75. The summed E-state index contributed by atoms with van der Waals surface area (Å²) in [5, 5.41) is 9.11. The van der Waals surface area contributed by atoms with Crippen molar-refractivity contribution < 1.29 is 24.1 Å². The molecule has 2 atom stereocenters. The molecule has 0 saturated carbocycles. The first kappa shape index (κ1) is 9.41. The van der Waals surface area contributed by atoms with E-state index in [1.807, 2.05) is 0 Å². The number of rotatable bonds is 3. The number of esters is 1. The number of aliphatic hydroxyl groups excluding tert-OH is 1. The van der Waals surface area contributed by atoms with E-state index in [4.69, 9.17) is 9.84 Å². The molecule has 0 aromatic heterocycles. The third-order valence-corrected chi connectivity index (χ3v) is 1.75. The van der Waals surface area contributed by atoms with Crippen molar-refractivity contribution in [2.45, 2.75) is 31.5 Å². The van der Waals surface area contributed by atoms with E-state index < -0.39 is 18.2 Å². The van der Waals surface area contributed by atoms with E-state index in [2.05, 4.69) is 4.94 Å². The molecule has 12 heavy (non-hydrogen) atoms. The van der Waals surface area contributed by atoms with Crippen LogP contribution in [0.1, 0.15) is 19.3 Å². The summed E-state index contributed by atoms with van der Waals surface area (Å²) in [4.78, 5) is 14.1. The minimum atomic E-state index is -0.657. The molecule has 70 valence electrons. The number of aliphatic hydroxyl groups is 1. The predicted molar refractivity (Wildman–Crippen MR) is 36.8 cm³/mol. The Morgan fingerprint density at radius 3 is 3.08 bits per heavy atom. The molecular weight excluding hydrogens is 167 g/mol. The van der Waals surface area contributed by atoms with Crippen LogP contribution in [-0.2, 0) is 14.5 Å². The van der Waals surface area contributed by atoms with Crippen molar-refractivity contribution in [2.75, 3.05) is 6.61 Å². The average molecular weight is 178 g/mol. The Hall–Kier alpha value is -0.680. The number of carbonyl (C=O) groups excluding carboxylic acids is 1. The van der Waals surface area contributed by atoms with Crippen LogP contribution in [0.2, 0.25) is 0 Å². The van der Waals surface area contributed by atoms with Gasteiger partial charge in [0.05, 0.1) is 19.1 Å². The second-order valence-electron chi connectivity index (χ2n) is 2.81. The van der Waals surface area contributed by atoms with Crippen molar-refractivity contribution in [3.63, 3.8) is 0 Å². The van der Waals surface area contributed by atoms with Crippen LogP contribution in [0.5, 0.6) is 0 Å². The van der Waals surface area contributed by atoms with E-state index in [9.17, 15) is 9.32 Å². The van der Waals surface area contributed by atoms with Crippen LogP contribution in [0.15, 0.2) is 0 Å². The van der Waals surface area contributed by atoms with Gasteiger partial charge in [0.25, 0.3) is 0 Å². The van der Waals surface area contributed by atoms with Gasteiger partial charge in [0.15, 0.2) is 0 Å². The fourth-order valence-electron chi connectivity index (χ4n) is 1.21. The van der Waals surface area contributed by atoms with Gasteiger partial charge < -0.3 is 9.84 Å². The van der Waals surface area contributed by atoms with E-state index in [0.717, 1.165) is 0 Å². The van der Waals surface area contributed by atoms with Gasteiger partial charge in [0.1, 0.15) is 6.10 Å². The first-order valence-electron chi connectivity index (χ1n) is 3.83. The highest BCUT2D eigenvalue weighted by Crippen LogP contribution is 2.17. The van der Waals surface area contributed by atoms with E-state index in [0.29, 0.717) is 12.8 Å². The zero-order valence-electron chi connectivity index (χ0n) is 6.53. The van der Waals surface area contributed by atoms with Crippen LogP contribution in [0, 0.1) is 0 Å². The molecule has 1 heterocycles. The lowest BCUT2D eigenvalue weighted by Gasteiger charge is -2.25. The first-order valence-corrected chi connectivity index (χ1v) is 3.83. The van der Waals surface area contributed by atoms with Crippen molar-refractivity contribution in [1.82, 2.24) is 0 Å². The number of carbonyl (C=O) groups is 1. The van der Waals surface area contributed by atoms with Crippen LogP contribution in [0.3, 0.4) is 0 Å². The van der Waals surface area contributed by atoms with Crippen LogP contribution < -0.4 is 0 Å². The molecule has 5 heteroatoms. The molecule has 0 aromatic carbocycles. The highest BCUT2D eigenvalue weighted by atomic mass is 19.3. The summed E-state index contributed by atoms with van der Waals surface area (Å²) in [5.74, 6) is -0.433. The minimum Gasteiger partial charge on any atom is -0.462 e. The first-order chi connectivity index (χ1) is 5.72. The van der Waals surface area contributed by atoms with Gasteiger partial charge >= 0.3 is 5.97 Å². The Kier molecular flexibility index (Phi) is 3.43. The lowest BCUT2D eigenvalue weighted by Crippen LogP contribution is -2.33. The van der Waals surface area contributed by atoms with Crippen molar-refractivity contribution in [3.8, 4) is 0 Å². The summed E-state index contributed by atoms with van der Waals surface area (Å²) in [6.45, 7) is -0.106. The lowest BCUT2D eigenvalue weighted by molar-refractivity contribution is -0.169. The highest BCUT2D eigenvalue weighted by molar-refractivity contribution is 5.70. The molecular formula is C7H11FO4.